The predicted molar refractivity (Wildman–Crippen MR) is 205 cm³/mol. The van der Waals surface area contributed by atoms with Crippen molar-refractivity contribution >= 4 is 5.91 Å². The zero-order chi connectivity index (χ0) is 35.3. The zero-order valence-corrected chi connectivity index (χ0v) is 32.3. The average molecular weight is 684 g/mol. The number of hydrogen-bond acceptors (Lipinski definition) is 5. The standard InChI is InChI=1S/C42H85NO5/c1-3-5-7-9-11-13-15-17-19-20-22-23-25-27-29-31-33-35-39(45)42(48)41(47)38(37-44)43-40(46)36-34-32-30-28-26-24-21-18-16-14-12-10-8-6-4-2/h38-39,41-42,44-45,47-48H,3-37H2,1-2H3,(H,43,46)/t38-,39+,41-,42+/m0/s1. The average Bonchev–Trinajstić information content (AvgIpc) is 3.09. The Hall–Kier alpha value is -0.690. The Bertz CT molecular complexity index is 648. The van der Waals surface area contributed by atoms with Gasteiger partial charge in [0.15, 0.2) is 0 Å². The summed E-state index contributed by atoms with van der Waals surface area (Å²) in [4.78, 5) is 12.4. The highest BCUT2D eigenvalue weighted by Gasteiger charge is 2.31. The smallest absolute Gasteiger partial charge is 0.220 e. The molecule has 0 aromatic heterocycles. The van der Waals surface area contributed by atoms with Crippen molar-refractivity contribution in [1.29, 1.82) is 0 Å². The van der Waals surface area contributed by atoms with Crippen LogP contribution in [0.4, 0.5) is 0 Å². The zero-order valence-electron chi connectivity index (χ0n) is 32.3. The highest BCUT2D eigenvalue weighted by Crippen LogP contribution is 2.17. The molecule has 5 N–H and O–H groups in total. The van der Waals surface area contributed by atoms with Gasteiger partial charge in [-0.3, -0.25) is 4.79 Å². The predicted octanol–water partition coefficient (Wildman–Crippen LogP) is 10.8. The SMILES string of the molecule is CCCCCCCCCCCCCCCCCCC[C@@H](O)[C@@H](O)[C@@H](O)[C@H](CO)NC(=O)CCCCCCCCCCCCCCCCC. The van der Waals surface area contributed by atoms with E-state index in [-0.39, 0.29) is 5.91 Å². The molecule has 0 fully saturated rings. The summed E-state index contributed by atoms with van der Waals surface area (Å²) in [6, 6.07) is -0.978. The van der Waals surface area contributed by atoms with Crippen LogP contribution in [0.25, 0.3) is 0 Å². The van der Waals surface area contributed by atoms with E-state index in [1.54, 1.807) is 0 Å². The van der Waals surface area contributed by atoms with Gasteiger partial charge >= 0.3 is 0 Å². The van der Waals surface area contributed by atoms with Crippen molar-refractivity contribution < 1.29 is 25.2 Å². The minimum absolute atomic E-state index is 0.224. The monoisotopic (exact) mass is 684 g/mol. The van der Waals surface area contributed by atoms with E-state index in [0.717, 1.165) is 38.5 Å². The lowest BCUT2D eigenvalue weighted by Gasteiger charge is -2.29. The Morgan fingerprint density at radius 1 is 0.438 bits per heavy atom. The van der Waals surface area contributed by atoms with Gasteiger partial charge < -0.3 is 25.7 Å². The highest BCUT2D eigenvalue weighted by molar-refractivity contribution is 5.76. The molecule has 0 aromatic carbocycles. The van der Waals surface area contributed by atoms with Crippen LogP contribution in [0.3, 0.4) is 0 Å². The topological polar surface area (TPSA) is 110 Å². The van der Waals surface area contributed by atoms with Gasteiger partial charge in [0.25, 0.3) is 0 Å². The minimum Gasteiger partial charge on any atom is -0.394 e. The van der Waals surface area contributed by atoms with E-state index in [2.05, 4.69) is 19.2 Å². The quantitative estimate of drug-likeness (QED) is 0.0414. The Balaban J connectivity index is 3.72. The molecule has 0 aliphatic heterocycles. The molecule has 0 saturated carbocycles. The van der Waals surface area contributed by atoms with Crippen molar-refractivity contribution in [2.24, 2.45) is 0 Å². The maximum atomic E-state index is 12.4. The van der Waals surface area contributed by atoms with Gasteiger partial charge in [0, 0.05) is 6.42 Å². The van der Waals surface area contributed by atoms with Crippen molar-refractivity contribution in [3.8, 4) is 0 Å². The maximum Gasteiger partial charge on any atom is 0.220 e. The van der Waals surface area contributed by atoms with Gasteiger partial charge in [-0.25, -0.2) is 0 Å². The first-order valence-electron chi connectivity index (χ1n) is 21.4. The minimum atomic E-state index is -1.40. The van der Waals surface area contributed by atoms with E-state index in [9.17, 15) is 25.2 Å². The fourth-order valence-corrected chi connectivity index (χ4v) is 6.89. The number of hydrogen-bond donors (Lipinski definition) is 5. The van der Waals surface area contributed by atoms with Gasteiger partial charge in [-0.05, 0) is 12.8 Å². The van der Waals surface area contributed by atoms with Gasteiger partial charge in [0.05, 0.1) is 18.8 Å². The molecule has 0 radical (unpaired) electrons. The molecule has 48 heavy (non-hydrogen) atoms. The summed E-state index contributed by atoms with van der Waals surface area (Å²) in [6.45, 7) is 4.06. The molecule has 0 aromatic rings. The number of amides is 1. The highest BCUT2D eigenvalue weighted by atomic mass is 16.4. The number of carbonyl (C=O) groups is 1. The summed E-state index contributed by atoms with van der Waals surface area (Å²) in [5, 5.41) is 43.9. The first-order valence-corrected chi connectivity index (χ1v) is 21.4. The summed E-state index contributed by atoms with van der Waals surface area (Å²) in [5.41, 5.74) is 0. The number of aliphatic hydroxyl groups is 4. The third kappa shape index (κ3) is 31.3. The summed E-state index contributed by atoms with van der Waals surface area (Å²) in [7, 11) is 0. The molecule has 0 saturated heterocycles. The number of carbonyl (C=O) groups excluding carboxylic acids is 1. The molecule has 0 rings (SSSR count). The van der Waals surface area contributed by atoms with Gasteiger partial charge in [-0.1, -0.05) is 213 Å². The number of aliphatic hydroxyl groups excluding tert-OH is 4. The third-order valence-electron chi connectivity index (χ3n) is 10.3. The van der Waals surface area contributed by atoms with Crippen LogP contribution in [0.1, 0.15) is 232 Å². The largest absolute Gasteiger partial charge is 0.394 e. The van der Waals surface area contributed by atoms with E-state index < -0.39 is 31.0 Å². The van der Waals surface area contributed by atoms with Crippen LogP contribution in [0, 0.1) is 0 Å². The molecule has 6 heteroatoms. The van der Waals surface area contributed by atoms with Crippen LogP contribution >= 0.6 is 0 Å². The van der Waals surface area contributed by atoms with Crippen molar-refractivity contribution in [2.45, 2.75) is 257 Å². The first kappa shape index (κ1) is 47.3. The lowest BCUT2D eigenvalue weighted by atomic mass is 9.96. The number of nitrogens with one attached hydrogen (secondary N) is 1. The molecular weight excluding hydrogens is 598 g/mol. The third-order valence-corrected chi connectivity index (χ3v) is 10.3. The second-order valence-electron chi connectivity index (χ2n) is 15.1. The lowest BCUT2D eigenvalue weighted by molar-refractivity contribution is -0.126. The summed E-state index contributed by atoms with van der Waals surface area (Å²) >= 11 is 0. The Labute approximate surface area is 299 Å². The number of rotatable bonds is 39. The van der Waals surface area contributed by atoms with E-state index in [4.69, 9.17) is 0 Å². The lowest BCUT2D eigenvalue weighted by Crippen LogP contribution is -2.53. The Morgan fingerprint density at radius 3 is 1.04 bits per heavy atom. The molecule has 0 bridgehead atoms. The van der Waals surface area contributed by atoms with Crippen molar-refractivity contribution in [2.75, 3.05) is 6.61 Å². The van der Waals surface area contributed by atoms with Crippen LogP contribution in [0.2, 0.25) is 0 Å². The van der Waals surface area contributed by atoms with Crippen LogP contribution in [-0.4, -0.2) is 57.3 Å². The van der Waals surface area contributed by atoms with E-state index in [1.165, 1.54) is 167 Å². The second-order valence-corrected chi connectivity index (χ2v) is 15.1. The first-order chi connectivity index (χ1) is 23.5. The Kier molecular flexibility index (Phi) is 37.0. The van der Waals surface area contributed by atoms with Gasteiger partial charge in [-0.2, -0.15) is 0 Å². The molecule has 288 valence electrons. The van der Waals surface area contributed by atoms with Gasteiger partial charge in [0.2, 0.25) is 5.91 Å². The molecule has 1 amide bonds. The van der Waals surface area contributed by atoms with Crippen molar-refractivity contribution in [3.63, 3.8) is 0 Å². The normalized spacial score (nSPS) is 14.2. The molecular formula is C42H85NO5. The van der Waals surface area contributed by atoms with E-state index in [1.807, 2.05) is 0 Å². The second kappa shape index (κ2) is 37.6. The number of unbranched alkanes of at least 4 members (excludes halogenated alkanes) is 30. The van der Waals surface area contributed by atoms with Crippen molar-refractivity contribution in [1.82, 2.24) is 5.32 Å². The van der Waals surface area contributed by atoms with Crippen LogP contribution in [0.5, 0.6) is 0 Å². The van der Waals surface area contributed by atoms with E-state index >= 15 is 0 Å². The fraction of sp³-hybridized carbons (Fsp3) is 0.976. The molecule has 0 aliphatic carbocycles. The molecule has 0 spiro atoms. The summed E-state index contributed by atoms with van der Waals surface area (Å²) in [5.74, 6) is -0.224. The van der Waals surface area contributed by atoms with Crippen LogP contribution < -0.4 is 5.32 Å². The summed E-state index contributed by atoms with van der Waals surface area (Å²) in [6.07, 6.45) is 37.8. The van der Waals surface area contributed by atoms with Crippen LogP contribution in [-0.2, 0) is 4.79 Å². The van der Waals surface area contributed by atoms with Crippen LogP contribution in [0.15, 0.2) is 0 Å². The molecule has 4 atom stereocenters. The van der Waals surface area contributed by atoms with Gasteiger partial charge in [-0.15, -0.1) is 0 Å². The molecule has 0 unspecified atom stereocenters. The van der Waals surface area contributed by atoms with Gasteiger partial charge in [0.1, 0.15) is 12.2 Å². The van der Waals surface area contributed by atoms with E-state index in [0.29, 0.717) is 12.8 Å². The molecule has 6 nitrogen and oxygen atoms in total. The summed E-state index contributed by atoms with van der Waals surface area (Å²) < 4.78 is 0. The Morgan fingerprint density at radius 2 is 0.729 bits per heavy atom. The fourth-order valence-electron chi connectivity index (χ4n) is 6.89. The maximum absolute atomic E-state index is 12.4. The molecule has 0 aliphatic rings. The molecule has 0 heterocycles. The van der Waals surface area contributed by atoms with Crippen molar-refractivity contribution in [3.05, 3.63) is 0 Å².